The van der Waals surface area contributed by atoms with Crippen LogP contribution in [-0.4, -0.2) is 70.5 Å². The molecule has 7 nitrogen and oxygen atoms in total. The molecule has 1 aromatic carbocycles. The normalized spacial score (nSPS) is 23.5. The van der Waals surface area contributed by atoms with E-state index in [0.29, 0.717) is 19.3 Å². The molecule has 34 heavy (non-hydrogen) atoms. The lowest BCUT2D eigenvalue weighted by Gasteiger charge is -2.38. The van der Waals surface area contributed by atoms with Crippen LogP contribution >= 0.6 is 11.6 Å². The number of hydrogen-bond acceptors (Lipinski definition) is 4. The minimum absolute atomic E-state index is 0.0440. The monoisotopic (exact) mass is 489 g/mol. The number of fused-ring (bicyclic) bond motifs is 1. The predicted molar refractivity (Wildman–Crippen MR) is 124 cm³/mol. The van der Waals surface area contributed by atoms with Crippen molar-refractivity contribution in [2.75, 3.05) is 26.2 Å². The van der Waals surface area contributed by atoms with Gasteiger partial charge in [0.2, 0.25) is 17.7 Å². The number of benzene rings is 1. The fraction of sp³-hybridized carbons (Fsp3) is 0.520. The van der Waals surface area contributed by atoms with E-state index in [1.54, 1.807) is 9.80 Å². The Bertz CT molecular complexity index is 1010. The number of halogens is 2. The number of piperazine rings is 1. The summed E-state index contributed by atoms with van der Waals surface area (Å²) in [7, 11) is 0. The van der Waals surface area contributed by atoms with Gasteiger partial charge in [-0.2, -0.15) is 0 Å². The van der Waals surface area contributed by atoms with E-state index in [2.05, 4.69) is 0 Å². The zero-order valence-corrected chi connectivity index (χ0v) is 20.1. The highest BCUT2D eigenvalue weighted by atomic mass is 35.5. The number of imide groups is 1. The lowest BCUT2D eigenvalue weighted by molar-refractivity contribution is -0.153. The van der Waals surface area contributed by atoms with Crippen LogP contribution in [0.4, 0.5) is 4.39 Å². The van der Waals surface area contributed by atoms with Crippen molar-refractivity contribution in [3.8, 4) is 0 Å². The van der Waals surface area contributed by atoms with Crippen molar-refractivity contribution < 1.29 is 23.6 Å². The first-order valence-corrected chi connectivity index (χ1v) is 12.1. The van der Waals surface area contributed by atoms with Crippen molar-refractivity contribution in [1.29, 1.82) is 0 Å². The van der Waals surface area contributed by atoms with Crippen molar-refractivity contribution in [2.45, 2.75) is 39.2 Å². The van der Waals surface area contributed by atoms with Gasteiger partial charge in [-0.3, -0.25) is 24.1 Å². The lowest BCUT2D eigenvalue weighted by atomic mass is 9.85. The summed E-state index contributed by atoms with van der Waals surface area (Å²) in [6.45, 7) is 5.05. The Hall–Kier alpha value is -2.74. The molecular weight excluding hydrogens is 461 g/mol. The molecular formula is C25H29ClFN3O4. The zero-order valence-electron chi connectivity index (χ0n) is 19.4. The summed E-state index contributed by atoms with van der Waals surface area (Å²) in [5.74, 6) is -2.25. The Kier molecular flexibility index (Phi) is 7.07. The van der Waals surface area contributed by atoms with Crippen molar-refractivity contribution in [3.63, 3.8) is 0 Å². The Morgan fingerprint density at radius 3 is 2.09 bits per heavy atom. The molecule has 1 aromatic rings. The topological polar surface area (TPSA) is 78.0 Å². The molecule has 2 fully saturated rings. The molecule has 3 atom stereocenters. The largest absolute Gasteiger partial charge is 0.337 e. The molecule has 4 rings (SSSR count). The fourth-order valence-electron chi connectivity index (χ4n) is 5.07. The molecule has 1 aliphatic carbocycles. The lowest BCUT2D eigenvalue weighted by Crippen LogP contribution is -2.57. The van der Waals surface area contributed by atoms with Crippen molar-refractivity contribution in [2.24, 2.45) is 17.8 Å². The molecule has 4 amide bonds. The van der Waals surface area contributed by atoms with Crippen molar-refractivity contribution in [1.82, 2.24) is 14.7 Å². The molecule has 0 N–H and O–H groups in total. The summed E-state index contributed by atoms with van der Waals surface area (Å²) < 4.78 is 13.3. The minimum Gasteiger partial charge on any atom is -0.337 e. The first-order chi connectivity index (χ1) is 16.2. The van der Waals surface area contributed by atoms with Gasteiger partial charge in [0.1, 0.15) is 11.9 Å². The summed E-state index contributed by atoms with van der Waals surface area (Å²) in [5.41, 5.74) is 0.213. The Labute approximate surface area is 203 Å². The third kappa shape index (κ3) is 4.60. The molecule has 0 saturated carbocycles. The maximum atomic E-state index is 13.6. The van der Waals surface area contributed by atoms with E-state index in [1.807, 2.05) is 26.0 Å². The Balaban J connectivity index is 1.46. The first-order valence-electron chi connectivity index (χ1n) is 11.7. The minimum atomic E-state index is -0.834. The van der Waals surface area contributed by atoms with E-state index in [0.717, 1.165) is 6.07 Å². The number of amides is 4. The number of carbonyl (C=O) groups excluding carboxylic acids is 4. The summed E-state index contributed by atoms with van der Waals surface area (Å²) in [6, 6.07) is 2.81. The van der Waals surface area contributed by atoms with Crippen LogP contribution in [0.15, 0.2) is 30.4 Å². The van der Waals surface area contributed by atoms with Gasteiger partial charge in [0.15, 0.2) is 0 Å². The van der Waals surface area contributed by atoms with Gasteiger partial charge in [0.05, 0.1) is 22.4 Å². The molecule has 2 heterocycles. The van der Waals surface area contributed by atoms with E-state index in [4.69, 9.17) is 11.6 Å². The predicted octanol–water partition coefficient (Wildman–Crippen LogP) is 3.13. The standard InChI is InChI=1S/C25H29ClFN3O4/c1-15(2)13-21(30-23(32)17-5-3-4-6-18(17)24(30)33)25(34)29-11-9-28(10-12-29)22(31)19-8-7-16(27)14-20(19)26/h3-4,7-8,14-15,17-18,21H,5-6,9-13H2,1-2H3. The molecule has 0 aromatic heterocycles. The van der Waals surface area contributed by atoms with Crippen molar-refractivity contribution >= 4 is 35.2 Å². The van der Waals surface area contributed by atoms with Gasteiger partial charge in [-0.15, -0.1) is 0 Å². The molecule has 2 saturated heterocycles. The quantitative estimate of drug-likeness (QED) is 0.470. The van der Waals surface area contributed by atoms with Crippen LogP contribution in [0.25, 0.3) is 0 Å². The molecule has 9 heteroatoms. The summed E-state index contributed by atoms with van der Waals surface area (Å²) in [4.78, 5) is 57.1. The smallest absolute Gasteiger partial charge is 0.255 e. The van der Waals surface area contributed by atoms with Gasteiger partial charge < -0.3 is 9.80 Å². The third-order valence-corrected chi connectivity index (χ3v) is 7.19. The van der Waals surface area contributed by atoms with E-state index in [1.165, 1.54) is 17.0 Å². The maximum Gasteiger partial charge on any atom is 0.255 e. The highest BCUT2D eigenvalue weighted by molar-refractivity contribution is 6.33. The van der Waals surface area contributed by atoms with Crippen LogP contribution in [0.1, 0.15) is 43.5 Å². The average Bonchev–Trinajstić information content (AvgIpc) is 3.07. The number of likely N-dealkylation sites (tertiary alicyclic amines) is 1. The Morgan fingerprint density at radius 2 is 1.56 bits per heavy atom. The summed E-state index contributed by atoms with van der Waals surface area (Å²) in [6.07, 6.45) is 5.31. The molecule has 0 radical (unpaired) electrons. The van der Waals surface area contributed by atoms with Crippen LogP contribution < -0.4 is 0 Å². The molecule has 3 unspecified atom stereocenters. The average molecular weight is 490 g/mol. The zero-order chi connectivity index (χ0) is 24.6. The van der Waals surface area contributed by atoms with Gasteiger partial charge in [-0.05, 0) is 43.4 Å². The number of allylic oxidation sites excluding steroid dienone is 2. The van der Waals surface area contributed by atoms with Gasteiger partial charge in [-0.25, -0.2) is 4.39 Å². The van der Waals surface area contributed by atoms with Crippen LogP contribution in [0.5, 0.6) is 0 Å². The number of carbonyl (C=O) groups is 4. The fourth-order valence-corrected chi connectivity index (χ4v) is 5.32. The highest BCUT2D eigenvalue weighted by Crippen LogP contribution is 2.37. The summed E-state index contributed by atoms with van der Waals surface area (Å²) >= 11 is 6.04. The van der Waals surface area contributed by atoms with E-state index >= 15 is 0 Å². The second-order valence-electron chi connectivity index (χ2n) is 9.59. The van der Waals surface area contributed by atoms with E-state index < -0.39 is 11.9 Å². The molecule has 0 spiro atoms. The molecule has 3 aliphatic rings. The number of hydrogen-bond donors (Lipinski definition) is 0. The van der Waals surface area contributed by atoms with Crippen LogP contribution in [-0.2, 0) is 14.4 Å². The van der Waals surface area contributed by atoms with Gasteiger partial charge in [0.25, 0.3) is 5.91 Å². The Morgan fingerprint density at radius 1 is 1.00 bits per heavy atom. The maximum absolute atomic E-state index is 13.6. The third-order valence-electron chi connectivity index (χ3n) is 6.87. The van der Waals surface area contributed by atoms with E-state index in [-0.39, 0.29) is 78.1 Å². The van der Waals surface area contributed by atoms with Crippen LogP contribution in [0, 0.1) is 23.6 Å². The second-order valence-corrected chi connectivity index (χ2v) is 10.00. The number of rotatable bonds is 5. The summed E-state index contributed by atoms with van der Waals surface area (Å²) in [5, 5.41) is 0.0440. The van der Waals surface area contributed by atoms with Gasteiger partial charge in [-0.1, -0.05) is 37.6 Å². The van der Waals surface area contributed by atoms with Crippen LogP contribution in [0.3, 0.4) is 0 Å². The molecule has 0 bridgehead atoms. The highest BCUT2D eigenvalue weighted by Gasteiger charge is 2.51. The SMILES string of the molecule is CC(C)CC(C(=O)N1CCN(C(=O)c2ccc(F)cc2Cl)CC1)N1C(=O)C2CC=CCC2C1=O. The second kappa shape index (κ2) is 9.86. The van der Waals surface area contributed by atoms with Gasteiger partial charge in [0, 0.05) is 26.2 Å². The van der Waals surface area contributed by atoms with E-state index in [9.17, 15) is 23.6 Å². The number of nitrogens with zero attached hydrogens (tertiary/aromatic N) is 3. The molecule has 2 aliphatic heterocycles. The van der Waals surface area contributed by atoms with Crippen LogP contribution in [0.2, 0.25) is 5.02 Å². The first kappa shape index (κ1) is 24.4. The molecule has 182 valence electrons. The van der Waals surface area contributed by atoms with Crippen molar-refractivity contribution in [3.05, 3.63) is 46.8 Å². The van der Waals surface area contributed by atoms with Gasteiger partial charge >= 0.3 is 0 Å².